The molecule has 0 rings (SSSR count). The lowest BCUT2D eigenvalue weighted by atomic mass is 10.0. The second kappa shape index (κ2) is 82.9. The lowest BCUT2D eigenvalue weighted by Gasteiger charge is -2.20. The molecule has 0 aromatic heterocycles. The van der Waals surface area contributed by atoms with E-state index < -0.39 is 44.5 Å². The van der Waals surface area contributed by atoms with Gasteiger partial charge in [0.05, 0.1) is 205 Å². The molecule has 0 aliphatic rings. The molecule has 101 heavy (non-hydrogen) atoms. The number of esters is 2. The van der Waals surface area contributed by atoms with Gasteiger partial charge in [0.2, 0.25) is 0 Å². The van der Waals surface area contributed by atoms with E-state index in [1.54, 1.807) is 0 Å². The summed E-state index contributed by atoms with van der Waals surface area (Å²) in [5, 5.41) is 11.0. The number of carboxylic acids is 1. The highest BCUT2D eigenvalue weighted by Crippen LogP contribution is 2.43. The molecule has 0 aliphatic carbocycles. The number of carboxylic acid groups (broad SMARTS) is 1. The van der Waals surface area contributed by atoms with Crippen molar-refractivity contribution < 1.29 is 123 Å². The number of alkyl carbamates (subject to hydrolysis) is 1. The number of carbonyl (C=O) groups is 4. The van der Waals surface area contributed by atoms with Crippen LogP contribution < -0.4 is 5.32 Å². The largest absolute Gasteiger partial charge is 0.481 e. The molecule has 2 atom stereocenters. The Bertz CT molecular complexity index is 1780. The summed E-state index contributed by atoms with van der Waals surface area (Å²) >= 11 is 0. The number of unbranched alkanes of at least 4 members (excludes halogenated alkanes) is 28. The lowest BCUT2D eigenvalue weighted by Crippen LogP contribution is -2.30. The van der Waals surface area contributed by atoms with Crippen LogP contribution in [0.3, 0.4) is 0 Å². The minimum absolute atomic E-state index is 0.0168. The predicted molar refractivity (Wildman–Crippen MR) is 385 cm³/mol. The number of rotatable bonds is 87. The van der Waals surface area contributed by atoms with Gasteiger partial charge in [0.25, 0.3) is 0 Å². The van der Waals surface area contributed by atoms with E-state index in [1.165, 1.54) is 141 Å². The third-order valence-corrected chi connectivity index (χ3v) is 16.5. The highest BCUT2D eigenvalue weighted by Gasteiger charge is 2.26. The molecule has 0 heterocycles. The Kier molecular flexibility index (Phi) is 80.6. The minimum atomic E-state index is -4.66. The van der Waals surface area contributed by atoms with Gasteiger partial charge in [-0.1, -0.05) is 194 Å². The Morgan fingerprint density at radius 1 is 0.297 bits per heavy atom. The molecular formula is C73H142NO26P. The van der Waals surface area contributed by atoms with Gasteiger partial charge >= 0.3 is 31.8 Å². The van der Waals surface area contributed by atoms with E-state index in [0.717, 1.165) is 38.5 Å². The fourth-order valence-electron chi connectivity index (χ4n) is 9.79. The predicted octanol–water partition coefficient (Wildman–Crippen LogP) is 12.5. The summed E-state index contributed by atoms with van der Waals surface area (Å²) in [5.41, 5.74) is 0. The fourth-order valence-corrected chi connectivity index (χ4v) is 10.5. The number of nitrogens with one attached hydrogen (secondary N) is 1. The summed E-state index contributed by atoms with van der Waals surface area (Å²) in [4.78, 5) is 58.6. The number of carbonyl (C=O) groups excluding carboxylic acids is 3. The standard InChI is InChI=1S/C73H142NO26P/c1-3-5-7-9-11-13-15-17-19-21-23-25-27-29-31-33-71(77)97-67-69(100-72(78)34-32-30-28-26-24-22-20-18-16-14-12-10-8-6-4-2)68-99-101(80,81)98-38-36-74-73(79)96-66-65-95-64-63-94-62-61-93-60-59-92-58-57-91-56-55-90-54-53-89-52-51-88-50-49-87-48-47-86-46-45-85-44-43-84-42-41-83-40-39-82-37-35-70(75)76/h69H,3-68H2,1-2H3,(H,74,79)(H,75,76)(H,80,81). The Balaban J connectivity index is 3.93. The van der Waals surface area contributed by atoms with Gasteiger partial charge in [0, 0.05) is 19.4 Å². The van der Waals surface area contributed by atoms with Crippen molar-refractivity contribution in [2.45, 2.75) is 232 Å². The Morgan fingerprint density at radius 2 is 0.554 bits per heavy atom. The zero-order valence-corrected chi connectivity index (χ0v) is 63.8. The van der Waals surface area contributed by atoms with Gasteiger partial charge in [0.15, 0.2) is 6.10 Å². The number of aliphatic carboxylic acids is 1. The van der Waals surface area contributed by atoms with Crippen molar-refractivity contribution >= 4 is 31.8 Å². The lowest BCUT2D eigenvalue weighted by molar-refractivity contribution is -0.161. The summed E-state index contributed by atoms with van der Waals surface area (Å²) in [5.74, 6) is -1.82. The second-order valence-electron chi connectivity index (χ2n) is 24.6. The summed E-state index contributed by atoms with van der Waals surface area (Å²) in [6.07, 6.45) is 34.8. The summed E-state index contributed by atoms with van der Waals surface area (Å²) < 4.78 is 116. The van der Waals surface area contributed by atoms with E-state index in [0.29, 0.717) is 178 Å². The Labute approximate surface area is 608 Å². The number of amides is 1. The summed E-state index contributed by atoms with van der Waals surface area (Å²) in [6.45, 7) is 14.4. The molecule has 600 valence electrons. The highest BCUT2D eigenvalue weighted by molar-refractivity contribution is 7.47. The van der Waals surface area contributed by atoms with Crippen molar-refractivity contribution in [2.75, 3.05) is 218 Å². The molecule has 0 aromatic rings. The van der Waals surface area contributed by atoms with Gasteiger partial charge in [-0.15, -0.1) is 0 Å². The zero-order valence-electron chi connectivity index (χ0n) is 62.9. The number of phosphoric ester groups is 1. The second-order valence-corrected chi connectivity index (χ2v) is 26.0. The molecule has 0 aliphatic heterocycles. The van der Waals surface area contributed by atoms with Crippen LogP contribution in [-0.4, -0.2) is 258 Å². The average molecular weight is 1480 g/mol. The maximum absolute atomic E-state index is 12.9. The SMILES string of the molecule is CCCCCCCCCCCCCCCCCC(=O)OCC(COP(=O)(O)OCCNC(=O)OCCOCCOCCOCCOCCOCCOCCOCCOCCOCCOCCOCCOCCOCCOCCC(=O)O)OC(=O)CCCCCCCCCCCCCCCCC. The van der Waals surface area contributed by atoms with Crippen LogP contribution in [-0.2, 0) is 109 Å². The molecule has 0 radical (unpaired) electrons. The van der Waals surface area contributed by atoms with Crippen LogP contribution in [0.5, 0.6) is 0 Å². The molecule has 0 saturated carbocycles. The van der Waals surface area contributed by atoms with Gasteiger partial charge < -0.3 is 95.8 Å². The van der Waals surface area contributed by atoms with Crippen LogP contribution in [0.1, 0.15) is 226 Å². The molecule has 3 N–H and O–H groups in total. The molecule has 0 aromatic carbocycles. The monoisotopic (exact) mass is 1480 g/mol. The first-order chi connectivity index (χ1) is 49.6. The van der Waals surface area contributed by atoms with Gasteiger partial charge in [-0.3, -0.25) is 23.4 Å². The van der Waals surface area contributed by atoms with Crippen molar-refractivity contribution in [3.63, 3.8) is 0 Å². The van der Waals surface area contributed by atoms with Crippen LogP contribution in [0.4, 0.5) is 4.79 Å². The first kappa shape index (κ1) is 98.2. The normalized spacial score (nSPS) is 12.5. The third kappa shape index (κ3) is 84.4. The molecule has 0 fully saturated rings. The minimum Gasteiger partial charge on any atom is -0.481 e. The Morgan fingerprint density at radius 3 is 0.842 bits per heavy atom. The van der Waals surface area contributed by atoms with Crippen molar-refractivity contribution in [1.29, 1.82) is 0 Å². The summed E-state index contributed by atoms with van der Waals surface area (Å²) in [6, 6.07) is 0. The molecule has 0 spiro atoms. The molecule has 0 saturated heterocycles. The topological polar surface area (TPSA) is 313 Å². The third-order valence-electron chi connectivity index (χ3n) is 15.5. The van der Waals surface area contributed by atoms with Crippen molar-refractivity contribution in [1.82, 2.24) is 5.32 Å². The maximum Gasteiger partial charge on any atom is 0.472 e. The smallest absolute Gasteiger partial charge is 0.472 e. The zero-order chi connectivity index (χ0) is 73.2. The summed E-state index contributed by atoms with van der Waals surface area (Å²) in [7, 11) is -4.66. The number of hydrogen-bond acceptors (Lipinski definition) is 24. The average Bonchev–Trinajstić information content (AvgIpc) is 1.09. The first-order valence-electron chi connectivity index (χ1n) is 38.8. The number of phosphoric acid groups is 1. The van der Waals surface area contributed by atoms with Gasteiger partial charge in [0.1, 0.15) is 13.2 Å². The molecule has 28 heteroatoms. The Hall–Kier alpha value is -2.77. The first-order valence-corrected chi connectivity index (χ1v) is 40.3. The van der Waals surface area contributed by atoms with E-state index in [4.69, 9.17) is 94.7 Å². The van der Waals surface area contributed by atoms with Gasteiger partial charge in [-0.25, -0.2) is 9.36 Å². The highest BCUT2D eigenvalue weighted by atomic mass is 31.2. The van der Waals surface area contributed by atoms with Crippen LogP contribution in [0.15, 0.2) is 0 Å². The van der Waals surface area contributed by atoms with Crippen LogP contribution in [0.2, 0.25) is 0 Å². The van der Waals surface area contributed by atoms with Gasteiger partial charge in [-0.2, -0.15) is 0 Å². The van der Waals surface area contributed by atoms with Crippen molar-refractivity contribution in [3.8, 4) is 0 Å². The van der Waals surface area contributed by atoms with E-state index >= 15 is 0 Å². The van der Waals surface area contributed by atoms with E-state index in [-0.39, 0.29) is 65.4 Å². The van der Waals surface area contributed by atoms with E-state index in [2.05, 4.69) is 19.2 Å². The number of ether oxygens (including phenoxy) is 17. The molecule has 27 nitrogen and oxygen atoms in total. The molecule has 0 bridgehead atoms. The molecule has 1 amide bonds. The van der Waals surface area contributed by atoms with E-state index in [9.17, 15) is 28.6 Å². The van der Waals surface area contributed by atoms with Gasteiger partial charge in [-0.05, 0) is 12.8 Å². The van der Waals surface area contributed by atoms with E-state index in [1.807, 2.05) is 0 Å². The van der Waals surface area contributed by atoms with Crippen LogP contribution in [0, 0.1) is 0 Å². The molecular weight excluding hydrogens is 1340 g/mol. The van der Waals surface area contributed by atoms with Crippen LogP contribution in [0.25, 0.3) is 0 Å². The molecule has 2 unspecified atom stereocenters. The van der Waals surface area contributed by atoms with Crippen LogP contribution >= 0.6 is 7.82 Å². The van der Waals surface area contributed by atoms with Crippen molar-refractivity contribution in [2.24, 2.45) is 0 Å². The number of hydrogen-bond donors (Lipinski definition) is 3. The maximum atomic E-state index is 12.9. The quantitative estimate of drug-likeness (QED) is 0.0220. The fraction of sp³-hybridized carbons (Fsp3) is 0.945. The van der Waals surface area contributed by atoms with Crippen molar-refractivity contribution in [3.05, 3.63) is 0 Å².